The minimum absolute atomic E-state index is 0.156. The molecular formula is C13H18BrClN2O2S. The molecule has 1 aromatic rings. The molecule has 1 aliphatic rings. The van der Waals surface area contributed by atoms with E-state index in [1.54, 1.807) is 11.3 Å². The van der Waals surface area contributed by atoms with Gasteiger partial charge in [-0.1, -0.05) is 11.6 Å². The first kappa shape index (κ1) is 16.1. The fourth-order valence-corrected chi connectivity index (χ4v) is 3.49. The van der Waals surface area contributed by atoms with E-state index in [-0.39, 0.29) is 12.1 Å². The fourth-order valence-electron chi connectivity index (χ4n) is 1.75. The lowest BCUT2D eigenvalue weighted by Gasteiger charge is -2.19. The zero-order valence-corrected chi connectivity index (χ0v) is 14.8. The maximum absolute atomic E-state index is 11.6. The van der Waals surface area contributed by atoms with Gasteiger partial charge in [0.25, 0.3) is 0 Å². The van der Waals surface area contributed by atoms with Gasteiger partial charge in [0, 0.05) is 28.0 Å². The first-order valence-electron chi connectivity index (χ1n) is 6.41. The molecule has 1 fully saturated rings. The van der Waals surface area contributed by atoms with Crippen LogP contribution in [0.3, 0.4) is 0 Å². The molecule has 1 saturated carbocycles. The summed E-state index contributed by atoms with van der Waals surface area (Å²) < 4.78 is 6.91. The molecule has 1 heterocycles. The molecule has 1 amide bonds. The van der Waals surface area contributed by atoms with Crippen LogP contribution in [0, 0.1) is 0 Å². The van der Waals surface area contributed by atoms with Crippen LogP contribution in [-0.2, 0) is 11.3 Å². The van der Waals surface area contributed by atoms with Crippen molar-refractivity contribution in [3.05, 3.63) is 19.8 Å². The molecule has 2 unspecified atom stereocenters. The molecule has 0 bridgehead atoms. The third kappa shape index (κ3) is 4.91. The van der Waals surface area contributed by atoms with Crippen molar-refractivity contribution in [1.29, 1.82) is 0 Å². The van der Waals surface area contributed by atoms with Crippen LogP contribution in [0.15, 0.2) is 10.5 Å². The highest BCUT2D eigenvalue weighted by Crippen LogP contribution is 2.32. The summed E-state index contributed by atoms with van der Waals surface area (Å²) in [5.74, 6) is 0. The molecule has 0 saturated heterocycles. The van der Waals surface area contributed by atoms with Gasteiger partial charge in [-0.15, -0.1) is 11.3 Å². The Kier molecular flexibility index (Phi) is 5.00. The maximum atomic E-state index is 11.6. The van der Waals surface area contributed by atoms with Crippen molar-refractivity contribution >= 4 is 45.0 Å². The SMILES string of the molecule is CC(C)(C)OC(=O)NC1CC1NCc1cc(Br)c(Cl)s1. The number of ether oxygens (including phenoxy) is 1. The van der Waals surface area contributed by atoms with Gasteiger partial charge in [-0.25, -0.2) is 4.79 Å². The van der Waals surface area contributed by atoms with E-state index in [4.69, 9.17) is 16.3 Å². The zero-order valence-electron chi connectivity index (χ0n) is 11.6. The van der Waals surface area contributed by atoms with E-state index in [1.807, 2.05) is 26.8 Å². The first-order chi connectivity index (χ1) is 9.24. The number of carbonyl (C=O) groups excluding carboxylic acids is 1. The number of carbonyl (C=O) groups is 1. The standard InChI is InChI=1S/C13H18BrClN2O2S/c1-13(2,3)19-12(18)17-10-5-9(10)16-6-7-4-8(14)11(15)20-7/h4,9-10,16H,5-6H2,1-3H3,(H,17,18). The molecule has 2 rings (SSSR count). The summed E-state index contributed by atoms with van der Waals surface area (Å²) in [6.45, 7) is 6.32. The minimum atomic E-state index is -0.456. The third-order valence-electron chi connectivity index (χ3n) is 2.73. The Balaban J connectivity index is 1.69. The van der Waals surface area contributed by atoms with Crippen molar-refractivity contribution in [3.8, 4) is 0 Å². The summed E-state index contributed by atoms with van der Waals surface area (Å²) in [4.78, 5) is 12.8. The Hall–Kier alpha value is -0.300. The van der Waals surface area contributed by atoms with Gasteiger partial charge in [0.2, 0.25) is 0 Å². The third-order valence-corrected chi connectivity index (χ3v) is 5.20. The molecular weight excluding hydrogens is 364 g/mol. The Morgan fingerprint density at radius 3 is 2.80 bits per heavy atom. The van der Waals surface area contributed by atoms with Crippen molar-refractivity contribution in [2.24, 2.45) is 0 Å². The molecule has 1 aliphatic carbocycles. The number of nitrogens with one attached hydrogen (secondary N) is 2. The molecule has 0 radical (unpaired) electrons. The van der Waals surface area contributed by atoms with Gasteiger partial charge < -0.3 is 15.4 Å². The van der Waals surface area contributed by atoms with Gasteiger partial charge in [-0.3, -0.25) is 0 Å². The molecule has 0 aromatic carbocycles. The molecule has 0 aliphatic heterocycles. The van der Waals surface area contributed by atoms with Crippen LogP contribution in [0.5, 0.6) is 0 Å². The summed E-state index contributed by atoms with van der Waals surface area (Å²) in [6, 6.07) is 2.48. The monoisotopic (exact) mass is 380 g/mol. The van der Waals surface area contributed by atoms with Crippen molar-refractivity contribution in [1.82, 2.24) is 10.6 Å². The average Bonchev–Trinajstić information content (AvgIpc) is 2.92. The van der Waals surface area contributed by atoms with E-state index in [1.165, 1.54) is 4.88 Å². The lowest BCUT2D eigenvalue weighted by Crippen LogP contribution is -2.36. The maximum Gasteiger partial charge on any atom is 0.407 e. The van der Waals surface area contributed by atoms with Crippen molar-refractivity contribution in [2.75, 3.05) is 0 Å². The van der Waals surface area contributed by atoms with Gasteiger partial charge in [-0.05, 0) is 49.2 Å². The summed E-state index contributed by atoms with van der Waals surface area (Å²) in [6.07, 6.45) is 0.577. The van der Waals surface area contributed by atoms with E-state index in [9.17, 15) is 4.79 Å². The number of halogens is 2. The Morgan fingerprint density at radius 2 is 2.25 bits per heavy atom. The van der Waals surface area contributed by atoms with Crippen LogP contribution in [0.2, 0.25) is 4.34 Å². The number of rotatable bonds is 4. The second-order valence-electron chi connectivity index (χ2n) is 5.81. The highest BCUT2D eigenvalue weighted by molar-refractivity contribution is 9.10. The normalized spacial score (nSPS) is 21.6. The van der Waals surface area contributed by atoms with Crippen LogP contribution < -0.4 is 10.6 Å². The van der Waals surface area contributed by atoms with Crippen LogP contribution in [0.1, 0.15) is 32.1 Å². The van der Waals surface area contributed by atoms with E-state index in [0.717, 1.165) is 21.8 Å². The predicted molar refractivity (Wildman–Crippen MR) is 85.4 cm³/mol. The number of hydrogen-bond acceptors (Lipinski definition) is 4. The average molecular weight is 382 g/mol. The molecule has 7 heteroatoms. The fraction of sp³-hybridized carbons (Fsp3) is 0.615. The van der Waals surface area contributed by atoms with E-state index in [2.05, 4.69) is 26.6 Å². The summed E-state index contributed by atoms with van der Waals surface area (Å²) in [5.41, 5.74) is -0.456. The van der Waals surface area contributed by atoms with Gasteiger partial charge in [-0.2, -0.15) is 0 Å². The lowest BCUT2D eigenvalue weighted by molar-refractivity contribution is 0.0522. The Morgan fingerprint density at radius 1 is 1.55 bits per heavy atom. The first-order valence-corrected chi connectivity index (χ1v) is 8.40. The van der Waals surface area contributed by atoms with Gasteiger partial charge in [0.05, 0.1) is 0 Å². The quantitative estimate of drug-likeness (QED) is 0.831. The Labute approximate surface area is 136 Å². The topological polar surface area (TPSA) is 50.4 Å². The van der Waals surface area contributed by atoms with Crippen molar-refractivity contribution < 1.29 is 9.53 Å². The van der Waals surface area contributed by atoms with Crippen molar-refractivity contribution in [3.63, 3.8) is 0 Å². The molecule has 2 atom stereocenters. The molecule has 112 valence electrons. The van der Waals surface area contributed by atoms with Crippen LogP contribution in [0.25, 0.3) is 0 Å². The van der Waals surface area contributed by atoms with Crippen LogP contribution in [0.4, 0.5) is 4.79 Å². The zero-order chi connectivity index (χ0) is 14.9. The van der Waals surface area contributed by atoms with Crippen molar-refractivity contribution in [2.45, 2.75) is 51.4 Å². The predicted octanol–water partition coefficient (Wildman–Crippen LogP) is 3.92. The number of hydrogen-bond donors (Lipinski definition) is 2. The minimum Gasteiger partial charge on any atom is -0.444 e. The molecule has 1 aromatic heterocycles. The highest BCUT2D eigenvalue weighted by Gasteiger charge is 2.38. The van der Waals surface area contributed by atoms with Crippen LogP contribution >= 0.6 is 38.9 Å². The summed E-state index contributed by atoms with van der Waals surface area (Å²) >= 11 is 10.9. The summed E-state index contributed by atoms with van der Waals surface area (Å²) in [5, 5.41) is 6.25. The number of amides is 1. The molecule has 0 spiro atoms. The van der Waals surface area contributed by atoms with E-state index >= 15 is 0 Å². The number of thiophene rings is 1. The highest BCUT2D eigenvalue weighted by atomic mass is 79.9. The molecule has 4 nitrogen and oxygen atoms in total. The van der Waals surface area contributed by atoms with Crippen LogP contribution in [-0.4, -0.2) is 23.8 Å². The Bertz CT molecular complexity index is 482. The largest absolute Gasteiger partial charge is 0.444 e. The van der Waals surface area contributed by atoms with Gasteiger partial charge in [0.1, 0.15) is 9.94 Å². The van der Waals surface area contributed by atoms with Gasteiger partial charge in [0.15, 0.2) is 0 Å². The van der Waals surface area contributed by atoms with Gasteiger partial charge >= 0.3 is 6.09 Å². The molecule has 2 N–H and O–H groups in total. The summed E-state index contributed by atoms with van der Waals surface area (Å²) in [7, 11) is 0. The lowest BCUT2D eigenvalue weighted by atomic mass is 10.2. The second-order valence-corrected chi connectivity index (χ2v) is 8.40. The van der Waals surface area contributed by atoms with E-state index in [0.29, 0.717) is 6.04 Å². The number of alkyl carbamates (subject to hydrolysis) is 1. The molecule has 20 heavy (non-hydrogen) atoms. The smallest absolute Gasteiger partial charge is 0.407 e. The van der Waals surface area contributed by atoms with E-state index < -0.39 is 5.60 Å². The second kappa shape index (κ2) is 6.22.